The van der Waals surface area contributed by atoms with E-state index in [-0.39, 0.29) is 5.75 Å². The molecule has 1 aromatic carbocycles. The minimum absolute atomic E-state index is 0.121. The van der Waals surface area contributed by atoms with Gasteiger partial charge in [-0.25, -0.2) is 13.2 Å². The smallest absolute Gasteiger partial charge is 0.410 e. The second-order valence-corrected chi connectivity index (χ2v) is 6.65. The first-order chi connectivity index (χ1) is 8.44. The van der Waals surface area contributed by atoms with Crippen molar-refractivity contribution in [1.82, 2.24) is 4.90 Å². The number of hydrogen-bond donors (Lipinski definition) is 0. The van der Waals surface area contributed by atoms with Crippen molar-refractivity contribution in [3.8, 4) is 0 Å². The fourth-order valence-corrected chi connectivity index (χ4v) is 2.78. The van der Waals surface area contributed by atoms with E-state index in [1.807, 2.05) is 30.3 Å². The van der Waals surface area contributed by atoms with Crippen molar-refractivity contribution in [2.75, 3.05) is 18.6 Å². The Labute approximate surface area is 106 Å². The summed E-state index contributed by atoms with van der Waals surface area (Å²) < 4.78 is 27.3. The number of cyclic esters (lactones) is 1. The summed E-state index contributed by atoms with van der Waals surface area (Å²) in [5, 5.41) is 0. The minimum Gasteiger partial charge on any atom is -0.443 e. The van der Waals surface area contributed by atoms with Gasteiger partial charge in [0, 0.05) is 12.8 Å². The summed E-state index contributed by atoms with van der Waals surface area (Å²) >= 11 is 0. The lowest BCUT2D eigenvalue weighted by molar-refractivity contribution is 0.138. The Bertz CT molecular complexity index is 526. The molecule has 0 aliphatic carbocycles. The summed E-state index contributed by atoms with van der Waals surface area (Å²) in [6.07, 6.45) is 0.129. The predicted octanol–water partition coefficient (Wildman–Crippen LogP) is 1.05. The molecule has 1 aliphatic rings. The highest BCUT2D eigenvalue weighted by Gasteiger charge is 2.33. The zero-order valence-electron chi connectivity index (χ0n) is 10.1. The number of benzene rings is 1. The lowest BCUT2D eigenvalue weighted by Crippen LogP contribution is -2.27. The molecule has 0 aromatic heterocycles. The standard InChI is InChI=1S/C12H15NO4S/c1-18(15,16)9-11-8-13(12(14)17-11)7-10-5-3-2-4-6-10/h2-6,11H,7-9H2,1H3. The summed E-state index contributed by atoms with van der Waals surface area (Å²) in [5.41, 5.74) is 0.995. The van der Waals surface area contributed by atoms with Crippen LogP contribution in [-0.4, -0.2) is 44.1 Å². The van der Waals surface area contributed by atoms with Crippen molar-refractivity contribution in [3.05, 3.63) is 35.9 Å². The maximum Gasteiger partial charge on any atom is 0.410 e. The number of sulfone groups is 1. The van der Waals surface area contributed by atoms with Crippen LogP contribution in [0.5, 0.6) is 0 Å². The van der Waals surface area contributed by atoms with Crippen LogP contribution in [0.2, 0.25) is 0 Å². The average molecular weight is 269 g/mol. The first kappa shape index (κ1) is 12.9. The van der Waals surface area contributed by atoms with Crippen LogP contribution in [0.1, 0.15) is 5.56 Å². The van der Waals surface area contributed by atoms with Gasteiger partial charge in [-0.15, -0.1) is 0 Å². The molecule has 2 rings (SSSR count). The van der Waals surface area contributed by atoms with Crippen LogP contribution in [0.4, 0.5) is 4.79 Å². The van der Waals surface area contributed by atoms with E-state index in [1.54, 1.807) is 0 Å². The molecule has 1 amide bonds. The van der Waals surface area contributed by atoms with E-state index in [0.29, 0.717) is 13.1 Å². The molecule has 1 aromatic rings. The van der Waals surface area contributed by atoms with Gasteiger partial charge >= 0.3 is 6.09 Å². The van der Waals surface area contributed by atoms with Crippen molar-refractivity contribution in [2.24, 2.45) is 0 Å². The number of ether oxygens (including phenoxy) is 1. The lowest BCUT2D eigenvalue weighted by Gasteiger charge is -2.12. The molecular formula is C12H15NO4S. The van der Waals surface area contributed by atoms with E-state index in [0.717, 1.165) is 11.8 Å². The third-order valence-corrected chi connectivity index (χ3v) is 3.63. The summed E-state index contributed by atoms with van der Waals surface area (Å²) in [6.45, 7) is 0.765. The first-order valence-electron chi connectivity index (χ1n) is 5.61. The number of nitrogens with zero attached hydrogens (tertiary/aromatic N) is 1. The van der Waals surface area contributed by atoms with Gasteiger partial charge in [-0.3, -0.25) is 0 Å². The highest BCUT2D eigenvalue weighted by Crippen LogP contribution is 2.16. The molecule has 98 valence electrons. The molecule has 0 radical (unpaired) electrons. The molecule has 1 heterocycles. The Morgan fingerprint density at radius 2 is 2.00 bits per heavy atom. The number of carbonyl (C=O) groups is 1. The van der Waals surface area contributed by atoms with Gasteiger partial charge in [-0.2, -0.15) is 0 Å². The normalized spacial score (nSPS) is 19.9. The van der Waals surface area contributed by atoms with Crippen LogP contribution in [0.15, 0.2) is 30.3 Å². The molecule has 0 saturated carbocycles. The Morgan fingerprint density at radius 3 is 2.61 bits per heavy atom. The maximum atomic E-state index is 11.6. The Balaban J connectivity index is 1.98. The Kier molecular flexibility index (Phi) is 3.56. The molecule has 1 saturated heterocycles. The average Bonchev–Trinajstić information content (AvgIpc) is 2.58. The van der Waals surface area contributed by atoms with Crippen molar-refractivity contribution in [2.45, 2.75) is 12.6 Å². The highest BCUT2D eigenvalue weighted by atomic mass is 32.2. The molecule has 1 unspecified atom stereocenters. The molecule has 18 heavy (non-hydrogen) atoms. The van der Waals surface area contributed by atoms with E-state index in [9.17, 15) is 13.2 Å². The van der Waals surface area contributed by atoms with Gasteiger partial charge in [0.15, 0.2) is 9.84 Å². The van der Waals surface area contributed by atoms with Crippen LogP contribution in [-0.2, 0) is 21.1 Å². The van der Waals surface area contributed by atoms with Crippen molar-refractivity contribution < 1.29 is 17.9 Å². The lowest BCUT2D eigenvalue weighted by atomic mass is 10.2. The third-order valence-electron chi connectivity index (χ3n) is 2.65. The Hall–Kier alpha value is -1.56. The summed E-state index contributed by atoms with van der Waals surface area (Å²) in [6, 6.07) is 9.52. The van der Waals surface area contributed by atoms with Gasteiger partial charge in [-0.1, -0.05) is 30.3 Å². The van der Waals surface area contributed by atoms with Crippen LogP contribution in [0.3, 0.4) is 0 Å². The van der Waals surface area contributed by atoms with Gasteiger partial charge in [0.1, 0.15) is 6.10 Å². The third kappa shape index (κ3) is 3.46. The monoisotopic (exact) mass is 269 g/mol. The summed E-state index contributed by atoms with van der Waals surface area (Å²) in [7, 11) is -3.13. The van der Waals surface area contributed by atoms with Crippen LogP contribution >= 0.6 is 0 Å². The maximum absolute atomic E-state index is 11.6. The molecule has 6 heteroatoms. The summed E-state index contributed by atoms with van der Waals surface area (Å²) in [4.78, 5) is 13.1. The van der Waals surface area contributed by atoms with Crippen LogP contribution in [0.25, 0.3) is 0 Å². The molecule has 1 atom stereocenters. The molecular weight excluding hydrogens is 254 g/mol. The van der Waals surface area contributed by atoms with Crippen LogP contribution in [0, 0.1) is 0 Å². The van der Waals surface area contributed by atoms with E-state index in [2.05, 4.69) is 0 Å². The number of hydrogen-bond acceptors (Lipinski definition) is 4. The second kappa shape index (κ2) is 4.97. The van der Waals surface area contributed by atoms with Crippen molar-refractivity contribution in [1.29, 1.82) is 0 Å². The number of carbonyl (C=O) groups excluding carboxylic acids is 1. The van der Waals surface area contributed by atoms with E-state index >= 15 is 0 Å². The molecule has 0 bridgehead atoms. The van der Waals surface area contributed by atoms with Crippen LogP contribution < -0.4 is 0 Å². The molecule has 5 nitrogen and oxygen atoms in total. The van der Waals surface area contributed by atoms with E-state index in [1.165, 1.54) is 4.90 Å². The Morgan fingerprint density at radius 1 is 1.33 bits per heavy atom. The predicted molar refractivity (Wildman–Crippen MR) is 66.8 cm³/mol. The topological polar surface area (TPSA) is 63.7 Å². The van der Waals surface area contributed by atoms with Gasteiger partial charge in [0.05, 0.1) is 12.3 Å². The zero-order chi connectivity index (χ0) is 13.2. The minimum atomic E-state index is -3.13. The molecule has 1 aliphatic heterocycles. The van der Waals surface area contributed by atoms with Gasteiger partial charge in [0.2, 0.25) is 0 Å². The fourth-order valence-electron chi connectivity index (χ4n) is 1.93. The van der Waals surface area contributed by atoms with E-state index in [4.69, 9.17) is 4.74 Å². The largest absolute Gasteiger partial charge is 0.443 e. The SMILES string of the molecule is CS(=O)(=O)CC1CN(Cc2ccccc2)C(=O)O1. The molecule has 0 spiro atoms. The van der Waals surface area contributed by atoms with Gasteiger partial charge < -0.3 is 9.64 Å². The summed E-state index contributed by atoms with van der Waals surface area (Å²) in [5.74, 6) is -0.121. The van der Waals surface area contributed by atoms with E-state index < -0.39 is 22.0 Å². The fraction of sp³-hybridized carbons (Fsp3) is 0.417. The quantitative estimate of drug-likeness (QED) is 0.819. The molecule has 0 N–H and O–H groups in total. The van der Waals surface area contributed by atoms with Gasteiger partial charge in [-0.05, 0) is 5.56 Å². The van der Waals surface area contributed by atoms with Crippen molar-refractivity contribution >= 4 is 15.9 Å². The second-order valence-electron chi connectivity index (χ2n) is 4.46. The molecule has 1 fully saturated rings. The highest BCUT2D eigenvalue weighted by molar-refractivity contribution is 7.90. The first-order valence-corrected chi connectivity index (χ1v) is 7.67. The number of amides is 1. The van der Waals surface area contributed by atoms with Gasteiger partial charge in [0.25, 0.3) is 0 Å². The van der Waals surface area contributed by atoms with Crippen molar-refractivity contribution in [3.63, 3.8) is 0 Å². The number of rotatable bonds is 4. The zero-order valence-corrected chi connectivity index (χ0v) is 10.9.